The number of aromatic amines is 2. The number of aryl methyl sites for hydroxylation is 1. The van der Waals surface area contributed by atoms with Crippen LogP contribution in [0.15, 0.2) is 121 Å². The Morgan fingerprint density at radius 2 is 1.04 bits per heavy atom. The molecule has 5 aromatic carbocycles. The molecule has 2 N–H and O–H groups in total. The van der Waals surface area contributed by atoms with Gasteiger partial charge in [-0.1, -0.05) is 96.5 Å². The maximum absolute atomic E-state index is 14.1. The molecule has 2 heterocycles. The molecule has 7 rings (SSSR count). The summed E-state index contributed by atoms with van der Waals surface area (Å²) < 4.78 is 54.4. The first kappa shape index (κ1) is 32.5. The van der Waals surface area contributed by atoms with Crippen LogP contribution >= 0.6 is 11.6 Å². The maximum Gasteiger partial charge on any atom is 0.134 e. The summed E-state index contributed by atoms with van der Waals surface area (Å²) in [5, 5.41) is 0.382. The largest absolute Gasteiger partial charge is 0.341 e. The van der Waals surface area contributed by atoms with Crippen molar-refractivity contribution in [2.45, 2.75) is 19.8 Å². The normalized spacial score (nSPS) is 10.9. The Bertz CT molecular complexity index is 2160. The Morgan fingerprint density at radius 1 is 0.562 bits per heavy atom. The molecule has 0 saturated heterocycles. The molecule has 0 saturated carbocycles. The predicted molar refractivity (Wildman–Crippen MR) is 182 cm³/mol. The lowest BCUT2D eigenvalue weighted by atomic mass is 10.0. The summed E-state index contributed by atoms with van der Waals surface area (Å²) in [4.78, 5) is 15.3. The second-order valence-electron chi connectivity index (χ2n) is 11.1. The number of imidazole rings is 2. The first-order valence-electron chi connectivity index (χ1n) is 15.1. The average Bonchev–Trinajstić information content (AvgIpc) is 3.68. The number of nitrogens with zero attached hydrogens (tertiary/aromatic N) is 2. The van der Waals surface area contributed by atoms with E-state index in [4.69, 9.17) is 16.6 Å². The minimum Gasteiger partial charge on any atom is -0.341 e. The van der Waals surface area contributed by atoms with Gasteiger partial charge in [0.1, 0.15) is 45.8 Å². The number of halogens is 5. The number of nitrogens with one attached hydrogen (secondary N) is 2. The standard InChI is InChI=1S/C23H18F2N2.C16H11ClF2N2/c1-15-7-5-6-10-19(15)23-22(16-8-3-2-4-9-16)26-21(27-23)14-17-13-18(24)11-12-20(17)25;17-16-15(10-4-2-1-3-5-10)20-14(21-16)9-11-8-12(18)6-7-13(11)19/h2-13H,14H2,1H3,(H,26,27);1-8H,9H2,(H,20,21). The number of benzene rings is 5. The zero-order valence-corrected chi connectivity index (χ0v) is 26.5. The van der Waals surface area contributed by atoms with Gasteiger partial charge in [0, 0.05) is 29.5 Å². The first-order chi connectivity index (χ1) is 23.2. The molecule has 240 valence electrons. The maximum atomic E-state index is 14.1. The van der Waals surface area contributed by atoms with E-state index in [1.807, 2.05) is 91.9 Å². The zero-order valence-electron chi connectivity index (χ0n) is 25.7. The van der Waals surface area contributed by atoms with Crippen LogP contribution in [-0.2, 0) is 12.8 Å². The monoisotopic (exact) mass is 664 g/mol. The lowest BCUT2D eigenvalue weighted by Crippen LogP contribution is -1.96. The van der Waals surface area contributed by atoms with Crippen LogP contribution in [0.25, 0.3) is 33.8 Å². The van der Waals surface area contributed by atoms with Crippen molar-refractivity contribution in [3.63, 3.8) is 0 Å². The highest BCUT2D eigenvalue weighted by Crippen LogP contribution is 2.33. The predicted octanol–water partition coefficient (Wildman–Crippen LogP) is 10.5. The minimum atomic E-state index is -0.479. The third kappa shape index (κ3) is 7.56. The van der Waals surface area contributed by atoms with Crippen molar-refractivity contribution in [2.75, 3.05) is 0 Å². The molecule has 0 amide bonds. The van der Waals surface area contributed by atoms with Gasteiger partial charge in [-0.15, -0.1) is 0 Å². The lowest BCUT2D eigenvalue weighted by Gasteiger charge is -2.06. The van der Waals surface area contributed by atoms with E-state index in [9.17, 15) is 17.6 Å². The average molecular weight is 665 g/mol. The van der Waals surface area contributed by atoms with Crippen LogP contribution < -0.4 is 0 Å². The van der Waals surface area contributed by atoms with Crippen molar-refractivity contribution in [1.29, 1.82) is 0 Å². The smallest absolute Gasteiger partial charge is 0.134 e. The molecular weight excluding hydrogens is 636 g/mol. The van der Waals surface area contributed by atoms with Gasteiger partial charge in [0.2, 0.25) is 0 Å². The summed E-state index contributed by atoms with van der Waals surface area (Å²) >= 11 is 6.13. The molecular formula is C39H29ClF4N4. The van der Waals surface area contributed by atoms with Crippen LogP contribution in [0.1, 0.15) is 28.3 Å². The molecule has 7 aromatic rings. The summed E-state index contributed by atoms with van der Waals surface area (Å²) in [7, 11) is 0. The van der Waals surface area contributed by atoms with Crippen LogP contribution in [0.4, 0.5) is 17.6 Å². The molecule has 0 radical (unpaired) electrons. The Morgan fingerprint density at radius 3 is 1.60 bits per heavy atom. The van der Waals surface area contributed by atoms with Crippen LogP contribution in [0, 0.1) is 30.2 Å². The van der Waals surface area contributed by atoms with Crippen LogP contribution in [0.3, 0.4) is 0 Å². The van der Waals surface area contributed by atoms with Gasteiger partial charge < -0.3 is 9.97 Å². The van der Waals surface area contributed by atoms with E-state index in [-0.39, 0.29) is 24.0 Å². The molecule has 2 aromatic heterocycles. The van der Waals surface area contributed by atoms with Gasteiger partial charge in [-0.2, -0.15) is 0 Å². The summed E-state index contributed by atoms with van der Waals surface area (Å²) in [6, 6.07) is 34.1. The molecule has 0 aliphatic carbocycles. The van der Waals surface area contributed by atoms with Crippen molar-refractivity contribution >= 4 is 11.6 Å². The van der Waals surface area contributed by atoms with Crippen molar-refractivity contribution in [2.24, 2.45) is 0 Å². The van der Waals surface area contributed by atoms with Gasteiger partial charge in [-0.05, 0) is 60.0 Å². The molecule has 9 heteroatoms. The highest BCUT2D eigenvalue weighted by atomic mass is 35.5. The Hall–Kier alpha value is -5.47. The fraction of sp³-hybridized carbons (Fsp3) is 0.0769. The molecule has 4 nitrogen and oxygen atoms in total. The quantitative estimate of drug-likeness (QED) is 0.167. The van der Waals surface area contributed by atoms with Crippen LogP contribution in [-0.4, -0.2) is 19.9 Å². The number of hydrogen-bond acceptors (Lipinski definition) is 2. The fourth-order valence-corrected chi connectivity index (χ4v) is 5.61. The number of rotatable bonds is 7. The number of hydrogen-bond donors (Lipinski definition) is 2. The summed E-state index contributed by atoms with van der Waals surface area (Å²) in [5.41, 5.74) is 6.78. The first-order valence-corrected chi connectivity index (χ1v) is 15.5. The summed E-state index contributed by atoms with van der Waals surface area (Å²) in [5.74, 6) is -0.760. The highest BCUT2D eigenvalue weighted by molar-refractivity contribution is 6.31. The lowest BCUT2D eigenvalue weighted by molar-refractivity contribution is 0.587. The highest BCUT2D eigenvalue weighted by Gasteiger charge is 2.17. The third-order valence-electron chi connectivity index (χ3n) is 7.70. The molecule has 0 fully saturated rings. The van der Waals surface area contributed by atoms with Gasteiger partial charge in [0.25, 0.3) is 0 Å². The van der Waals surface area contributed by atoms with E-state index in [2.05, 4.69) is 15.0 Å². The zero-order chi connectivity index (χ0) is 33.6. The molecule has 0 bridgehead atoms. The van der Waals surface area contributed by atoms with Crippen LogP contribution in [0.2, 0.25) is 5.15 Å². The summed E-state index contributed by atoms with van der Waals surface area (Å²) in [6.45, 7) is 2.04. The molecule has 0 unspecified atom stereocenters. The van der Waals surface area contributed by atoms with Crippen molar-refractivity contribution in [3.05, 3.63) is 178 Å². The molecule has 0 aliphatic rings. The van der Waals surface area contributed by atoms with E-state index in [0.717, 1.165) is 64.0 Å². The van der Waals surface area contributed by atoms with E-state index in [0.29, 0.717) is 22.5 Å². The van der Waals surface area contributed by atoms with Gasteiger partial charge in [-0.25, -0.2) is 27.5 Å². The minimum absolute atomic E-state index is 0.149. The molecule has 0 atom stereocenters. The fourth-order valence-electron chi connectivity index (χ4n) is 5.35. The van der Waals surface area contributed by atoms with Crippen molar-refractivity contribution in [1.82, 2.24) is 19.9 Å². The number of aromatic nitrogens is 4. The van der Waals surface area contributed by atoms with Gasteiger partial charge in [-0.3, -0.25) is 0 Å². The van der Waals surface area contributed by atoms with Gasteiger partial charge in [0.15, 0.2) is 0 Å². The van der Waals surface area contributed by atoms with Crippen LogP contribution in [0.5, 0.6) is 0 Å². The Kier molecular flexibility index (Phi) is 9.83. The third-order valence-corrected chi connectivity index (χ3v) is 7.98. The van der Waals surface area contributed by atoms with Crippen molar-refractivity contribution < 1.29 is 17.6 Å². The Balaban J connectivity index is 0.000000173. The second-order valence-corrected chi connectivity index (χ2v) is 11.5. The SMILES string of the molecule is Cc1ccccc1-c1[nH]c(Cc2cc(F)ccc2F)nc1-c1ccccc1.Fc1ccc(F)c(Cc2nc(-c3ccccc3)c(Cl)[nH]2)c1. The molecule has 0 aliphatic heterocycles. The topological polar surface area (TPSA) is 57.4 Å². The van der Waals surface area contributed by atoms with Gasteiger partial charge in [0.05, 0.1) is 11.4 Å². The van der Waals surface area contributed by atoms with E-state index in [1.54, 1.807) is 0 Å². The summed E-state index contributed by atoms with van der Waals surface area (Å²) in [6.07, 6.45) is 0.339. The second kappa shape index (κ2) is 14.5. The van der Waals surface area contributed by atoms with E-state index >= 15 is 0 Å². The van der Waals surface area contributed by atoms with Gasteiger partial charge >= 0.3 is 0 Å². The number of H-pyrrole nitrogens is 2. The Labute approximate surface area is 280 Å². The molecule has 48 heavy (non-hydrogen) atoms. The van der Waals surface area contributed by atoms with Crippen molar-refractivity contribution in [3.8, 4) is 33.8 Å². The van der Waals surface area contributed by atoms with E-state index < -0.39 is 23.3 Å². The van der Waals surface area contributed by atoms with E-state index in [1.165, 1.54) is 6.07 Å². The molecule has 0 spiro atoms.